The Labute approximate surface area is 112 Å². The van der Waals surface area contributed by atoms with Crippen LogP contribution in [-0.4, -0.2) is 6.54 Å². The van der Waals surface area contributed by atoms with Crippen molar-refractivity contribution >= 4 is 15.9 Å². The fraction of sp³-hybridized carbons (Fsp3) is 0.467. The van der Waals surface area contributed by atoms with E-state index in [-0.39, 0.29) is 0 Å². The number of hydrogen-bond donors (Lipinski definition) is 1. The van der Waals surface area contributed by atoms with Crippen LogP contribution in [0.1, 0.15) is 43.4 Å². The summed E-state index contributed by atoms with van der Waals surface area (Å²) in [6, 6.07) is 7.09. The van der Waals surface area contributed by atoms with Gasteiger partial charge in [0, 0.05) is 4.47 Å². The second kappa shape index (κ2) is 5.83. The number of allylic oxidation sites excluding steroid dienone is 1. The highest BCUT2D eigenvalue weighted by molar-refractivity contribution is 9.10. The third kappa shape index (κ3) is 3.20. The van der Waals surface area contributed by atoms with Crippen molar-refractivity contribution in [2.24, 2.45) is 0 Å². The first-order chi connectivity index (χ1) is 8.20. The lowest BCUT2D eigenvalue weighted by atomic mass is 9.97. The highest BCUT2D eigenvalue weighted by Crippen LogP contribution is 2.32. The van der Waals surface area contributed by atoms with Crippen molar-refractivity contribution in [3.05, 3.63) is 45.4 Å². The predicted octanol–water partition coefficient (Wildman–Crippen LogP) is 4.52. The van der Waals surface area contributed by atoms with Crippen LogP contribution in [-0.2, 0) is 0 Å². The number of rotatable bonds is 4. The van der Waals surface area contributed by atoms with E-state index in [9.17, 15) is 0 Å². The molecule has 0 saturated carbocycles. The topological polar surface area (TPSA) is 12.0 Å². The van der Waals surface area contributed by atoms with Gasteiger partial charge in [0.15, 0.2) is 0 Å². The molecule has 1 aromatic rings. The largest absolute Gasteiger partial charge is 0.307 e. The van der Waals surface area contributed by atoms with Crippen LogP contribution in [0, 0.1) is 6.92 Å². The van der Waals surface area contributed by atoms with Gasteiger partial charge in [0.25, 0.3) is 0 Å². The molecule has 0 radical (unpaired) electrons. The Morgan fingerprint density at radius 1 is 1.35 bits per heavy atom. The van der Waals surface area contributed by atoms with Gasteiger partial charge >= 0.3 is 0 Å². The molecule has 0 amide bonds. The zero-order valence-corrected chi connectivity index (χ0v) is 12.2. The zero-order valence-electron chi connectivity index (χ0n) is 10.6. The van der Waals surface area contributed by atoms with Crippen molar-refractivity contribution in [3.8, 4) is 0 Å². The normalized spacial score (nSPS) is 17.0. The summed E-state index contributed by atoms with van der Waals surface area (Å²) in [6.45, 7) is 5.33. The number of benzene rings is 1. The van der Waals surface area contributed by atoms with E-state index in [1.807, 2.05) is 0 Å². The second-order valence-corrected chi connectivity index (χ2v) is 5.64. The molecule has 0 heterocycles. The molecule has 0 aromatic heterocycles. The van der Waals surface area contributed by atoms with Crippen molar-refractivity contribution in [3.63, 3.8) is 0 Å². The molecule has 1 unspecified atom stereocenters. The van der Waals surface area contributed by atoms with Gasteiger partial charge in [-0.25, -0.2) is 0 Å². The second-order valence-electron chi connectivity index (χ2n) is 4.72. The van der Waals surface area contributed by atoms with E-state index in [0.717, 1.165) is 6.54 Å². The van der Waals surface area contributed by atoms with Crippen molar-refractivity contribution in [2.45, 2.75) is 39.2 Å². The molecule has 17 heavy (non-hydrogen) atoms. The highest BCUT2D eigenvalue weighted by Gasteiger charge is 2.18. The van der Waals surface area contributed by atoms with Crippen LogP contribution in [0.3, 0.4) is 0 Å². The Morgan fingerprint density at radius 3 is 2.76 bits per heavy atom. The Kier molecular flexibility index (Phi) is 4.41. The molecule has 1 aromatic carbocycles. The van der Waals surface area contributed by atoms with Crippen LogP contribution < -0.4 is 5.32 Å². The van der Waals surface area contributed by atoms with Crippen molar-refractivity contribution in [2.75, 3.05) is 6.54 Å². The van der Waals surface area contributed by atoms with Gasteiger partial charge in [0.1, 0.15) is 0 Å². The molecular weight excluding hydrogens is 274 g/mol. The first-order valence-electron chi connectivity index (χ1n) is 6.40. The summed E-state index contributed by atoms with van der Waals surface area (Å²) in [5.41, 5.74) is 4.26. The average Bonchev–Trinajstić information content (AvgIpc) is 2.77. The summed E-state index contributed by atoms with van der Waals surface area (Å²) in [6.07, 6.45) is 6.20. The van der Waals surface area contributed by atoms with Crippen LogP contribution in [0.25, 0.3) is 0 Å². The standard InChI is InChI=1S/C15H20BrN/c1-3-17-15(12-6-4-5-7-12)13-8-11(2)9-14(16)10-13/h6,8-10,15,17H,3-5,7H2,1-2H3. The van der Waals surface area contributed by atoms with Crippen molar-refractivity contribution in [1.82, 2.24) is 5.32 Å². The van der Waals surface area contributed by atoms with E-state index >= 15 is 0 Å². The molecule has 0 aliphatic heterocycles. The van der Waals surface area contributed by atoms with Gasteiger partial charge in [-0.05, 0) is 56.0 Å². The molecule has 1 aliphatic rings. The number of halogens is 1. The summed E-state index contributed by atoms with van der Waals surface area (Å²) >= 11 is 3.59. The maximum absolute atomic E-state index is 3.61. The third-order valence-electron chi connectivity index (χ3n) is 3.25. The van der Waals surface area contributed by atoms with Gasteiger partial charge in [0.05, 0.1) is 6.04 Å². The van der Waals surface area contributed by atoms with E-state index in [1.54, 1.807) is 5.57 Å². The minimum atomic E-state index is 0.402. The molecule has 1 nitrogen and oxygen atoms in total. The van der Waals surface area contributed by atoms with Gasteiger partial charge in [-0.3, -0.25) is 0 Å². The average molecular weight is 294 g/mol. The van der Waals surface area contributed by atoms with E-state index < -0.39 is 0 Å². The number of hydrogen-bond acceptors (Lipinski definition) is 1. The summed E-state index contributed by atoms with van der Waals surface area (Å²) < 4.78 is 1.18. The van der Waals surface area contributed by atoms with Gasteiger partial charge in [-0.15, -0.1) is 0 Å². The van der Waals surface area contributed by atoms with Crippen LogP contribution in [0.15, 0.2) is 34.3 Å². The minimum Gasteiger partial charge on any atom is -0.307 e. The fourth-order valence-corrected chi connectivity index (χ4v) is 3.18. The zero-order chi connectivity index (χ0) is 12.3. The molecule has 0 bridgehead atoms. The molecule has 1 N–H and O–H groups in total. The molecule has 2 heteroatoms. The van der Waals surface area contributed by atoms with Crippen molar-refractivity contribution < 1.29 is 0 Å². The minimum absolute atomic E-state index is 0.402. The number of likely N-dealkylation sites (N-methyl/N-ethyl adjacent to an activating group) is 1. The van der Waals surface area contributed by atoms with Crippen LogP contribution in [0.5, 0.6) is 0 Å². The quantitative estimate of drug-likeness (QED) is 0.805. The molecular formula is C15H20BrN. The van der Waals surface area contributed by atoms with Crippen LogP contribution in [0.4, 0.5) is 0 Å². The summed E-state index contributed by atoms with van der Waals surface area (Å²) in [4.78, 5) is 0. The lowest BCUT2D eigenvalue weighted by Gasteiger charge is -2.21. The Hall–Kier alpha value is -0.600. The van der Waals surface area contributed by atoms with E-state index in [1.165, 1.54) is 34.9 Å². The van der Waals surface area contributed by atoms with Gasteiger partial charge in [0.2, 0.25) is 0 Å². The molecule has 0 saturated heterocycles. The predicted molar refractivity (Wildman–Crippen MR) is 77.2 cm³/mol. The first kappa shape index (κ1) is 12.8. The highest BCUT2D eigenvalue weighted by atomic mass is 79.9. The molecule has 1 aliphatic carbocycles. The first-order valence-corrected chi connectivity index (χ1v) is 7.19. The van der Waals surface area contributed by atoms with Crippen LogP contribution >= 0.6 is 15.9 Å². The number of nitrogens with one attached hydrogen (secondary N) is 1. The van der Waals surface area contributed by atoms with E-state index in [2.05, 4.69) is 59.4 Å². The molecule has 2 rings (SSSR count). The lowest BCUT2D eigenvalue weighted by Crippen LogP contribution is -2.22. The SMILES string of the molecule is CCNC(C1=CCCC1)c1cc(C)cc(Br)c1. The van der Waals surface area contributed by atoms with Gasteiger partial charge < -0.3 is 5.32 Å². The van der Waals surface area contributed by atoms with Gasteiger partial charge in [-0.2, -0.15) is 0 Å². The molecule has 0 fully saturated rings. The molecule has 0 spiro atoms. The summed E-state index contributed by atoms with van der Waals surface area (Å²) in [5.74, 6) is 0. The van der Waals surface area contributed by atoms with Crippen LogP contribution in [0.2, 0.25) is 0 Å². The lowest BCUT2D eigenvalue weighted by molar-refractivity contribution is 0.605. The Balaban J connectivity index is 2.31. The van der Waals surface area contributed by atoms with Gasteiger partial charge in [-0.1, -0.05) is 40.6 Å². The monoisotopic (exact) mass is 293 g/mol. The third-order valence-corrected chi connectivity index (χ3v) is 3.71. The van der Waals surface area contributed by atoms with Crippen molar-refractivity contribution in [1.29, 1.82) is 0 Å². The summed E-state index contributed by atoms with van der Waals surface area (Å²) in [5, 5.41) is 3.61. The maximum Gasteiger partial charge on any atom is 0.0536 e. The molecule has 92 valence electrons. The summed E-state index contributed by atoms with van der Waals surface area (Å²) in [7, 11) is 0. The Bertz CT molecular complexity index is 403. The maximum atomic E-state index is 3.61. The number of aryl methyl sites for hydroxylation is 1. The Morgan fingerprint density at radius 2 is 2.18 bits per heavy atom. The smallest absolute Gasteiger partial charge is 0.0536 e. The molecule has 1 atom stereocenters. The fourth-order valence-electron chi connectivity index (χ4n) is 2.56. The van der Waals surface area contributed by atoms with E-state index in [0.29, 0.717) is 6.04 Å². The van der Waals surface area contributed by atoms with E-state index in [4.69, 9.17) is 0 Å².